The van der Waals surface area contributed by atoms with Gasteiger partial charge in [-0.25, -0.2) is 0 Å². The first-order chi connectivity index (χ1) is 10.8. The van der Waals surface area contributed by atoms with E-state index in [1.54, 1.807) is 7.11 Å². The van der Waals surface area contributed by atoms with Crippen LogP contribution in [0.3, 0.4) is 0 Å². The van der Waals surface area contributed by atoms with Gasteiger partial charge in [0.1, 0.15) is 5.75 Å². The van der Waals surface area contributed by atoms with Crippen molar-refractivity contribution in [2.24, 2.45) is 0 Å². The Morgan fingerprint density at radius 2 is 1.82 bits per heavy atom. The van der Waals surface area contributed by atoms with Gasteiger partial charge < -0.3 is 9.30 Å². The third-order valence-corrected chi connectivity index (χ3v) is 4.40. The lowest BCUT2D eigenvalue weighted by Crippen LogP contribution is -2.16. The number of Topliss-reactive ketones (excluding diaryl/α,β-unsaturated/α-hetero) is 1. The van der Waals surface area contributed by atoms with Crippen LogP contribution in [0.2, 0.25) is 0 Å². The number of carbonyl (C=O) groups is 1. The summed E-state index contributed by atoms with van der Waals surface area (Å²) in [5, 5.41) is 1.15. The fourth-order valence-corrected chi connectivity index (χ4v) is 3.39. The smallest absolute Gasteiger partial charge is 0.179 e. The monoisotopic (exact) mass is 291 g/mol. The number of benzene rings is 2. The van der Waals surface area contributed by atoms with E-state index in [4.69, 9.17) is 4.74 Å². The molecule has 3 aromatic rings. The lowest BCUT2D eigenvalue weighted by molar-refractivity contribution is 0.0957. The van der Waals surface area contributed by atoms with Crippen molar-refractivity contribution in [2.75, 3.05) is 7.11 Å². The maximum Gasteiger partial charge on any atom is 0.179 e. The summed E-state index contributed by atoms with van der Waals surface area (Å²) >= 11 is 0. The largest absolute Gasteiger partial charge is 0.497 e. The predicted octanol–water partition coefficient (Wildman–Crippen LogP) is 4.29. The lowest BCUT2D eigenvalue weighted by atomic mass is 9.98. The van der Waals surface area contributed by atoms with Crippen LogP contribution in [0.15, 0.2) is 48.5 Å². The van der Waals surface area contributed by atoms with Gasteiger partial charge in [-0.2, -0.15) is 0 Å². The number of aryl methyl sites for hydroxylation is 1. The van der Waals surface area contributed by atoms with Crippen LogP contribution in [0, 0.1) is 0 Å². The van der Waals surface area contributed by atoms with Crippen LogP contribution in [-0.2, 0) is 6.54 Å². The Kier molecular flexibility index (Phi) is 3.00. The van der Waals surface area contributed by atoms with E-state index in [0.717, 1.165) is 46.4 Å². The van der Waals surface area contributed by atoms with Gasteiger partial charge in [0, 0.05) is 29.4 Å². The molecule has 2 heterocycles. The number of ether oxygens (including phenoxy) is 1. The molecule has 110 valence electrons. The molecule has 3 heteroatoms. The third-order valence-electron chi connectivity index (χ3n) is 4.40. The van der Waals surface area contributed by atoms with Crippen molar-refractivity contribution in [3.8, 4) is 16.9 Å². The molecule has 4 rings (SSSR count). The molecule has 0 fully saturated rings. The van der Waals surface area contributed by atoms with Gasteiger partial charge in [0.15, 0.2) is 5.78 Å². The van der Waals surface area contributed by atoms with Gasteiger partial charge in [-0.1, -0.05) is 30.3 Å². The number of aromatic nitrogens is 1. The number of rotatable bonds is 2. The summed E-state index contributed by atoms with van der Waals surface area (Å²) in [6, 6.07) is 16.2. The average Bonchev–Trinajstić information content (AvgIpc) is 2.91. The molecular weight excluding hydrogens is 274 g/mol. The number of carbonyl (C=O) groups excluding carboxylic acids is 1. The fraction of sp³-hybridized carbons (Fsp3) is 0.211. The third kappa shape index (κ3) is 1.86. The number of nitrogens with zero attached hydrogens (tertiary/aromatic N) is 1. The van der Waals surface area contributed by atoms with Crippen LogP contribution < -0.4 is 4.74 Å². The highest BCUT2D eigenvalue weighted by atomic mass is 16.5. The summed E-state index contributed by atoms with van der Waals surface area (Å²) in [6.45, 7) is 0.914. The number of hydrogen-bond donors (Lipinski definition) is 0. The minimum absolute atomic E-state index is 0.244. The molecule has 2 aromatic carbocycles. The normalized spacial score (nSPS) is 14.1. The Morgan fingerprint density at radius 1 is 1.05 bits per heavy atom. The van der Waals surface area contributed by atoms with Crippen molar-refractivity contribution in [3.63, 3.8) is 0 Å². The molecule has 0 amide bonds. The van der Waals surface area contributed by atoms with Crippen LogP contribution in [0.4, 0.5) is 0 Å². The SMILES string of the molecule is COc1ccc(-c2c3n(c4ccccc24)CCCC3=O)cc1. The van der Waals surface area contributed by atoms with Gasteiger partial charge in [0.25, 0.3) is 0 Å². The zero-order valence-electron chi connectivity index (χ0n) is 12.5. The molecule has 0 atom stereocenters. The quantitative estimate of drug-likeness (QED) is 0.705. The molecule has 0 saturated heterocycles. The highest BCUT2D eigenvalue weighted by Gasteiger charge is 2.26. The minimum Gasteiger partial charge on any atom is -0.497 e. The zero-order chi connectivity index (χ0) is 15.1. The molecule has 0 unspecified atom stereocenters. The summed E-state index contributed by atoms with van der Waals surface area (Å²) in [5.74, 6) is 1.07. The van der Waals surface area contributed by atoms with Crippen LogP contribution in [0.25, 0.3) is 22.0 Å². The van der Waals surface area contributed by atoms with Crippen LogP contribution in [0.5, 0.6) is 5.75 Å². The topological polar surface area (TPSA) is 31.2 Å². The minimum atomic E-state index is 0.244. The average molecular weight is 291 g/mol. The highest BCUT2D eigenvalue weighted by molar-refractivity contribution is 6.11. The molecule has 3 nitrogen and oxygen atoms in total. The van der Waals surface area contributed by atoms with Gasteiger partial charge in [-0.3, -0.25) is 4.79 Å². The van der Waals surface area contributed by atoms with Crippen molar-refractivity contribution >= 4 is 16.7 Å². The van der Waals surface area contributed by atoms with Crippen LogP contribution >= 0.6 is 0 Å². The molecule has 0 N–H and O–H groups in total. The number of para-hydroxylation sites is 1. The first-order valence-electron chi connectivity index (χ1n) is 7.58. The molecule has 0 saturated carbocycles. The van der Waals surface area contributed by atoms with Crippen molar-refractivity contribution in [1.29, 1.82) is 0 Å². The van der Waals surface area contributed by atoms with Crippen LogP contribution in [0.1, 0.15) is 23.3 Å². The van der Waals surface area contributed by atoms with E-state index in [1.807, 2.05) is 36.4 Å². The number of hydrogen-bond acceptors (Lipinski definition) is 2. The fourth-order valence-electron chi connectivity index (χ4n) is 3.39. The van der Waals surface area contributed by atoms with E-state index in [9.17, 15) is 4.79 Å². The summed E-state index contributed by atoms with van der Waals surface area (Å²) in [7, 11) is 1.66. The van der Waals surface area contributed by atoms with E-state index < -0.39 is 0 Å². The first-order valence-corrected chi connectivity index (χ1v) is 7.58. The lowest BCUT2D eigenvalue weighted by Gasteiger charge is -2.16. The molecule has 22 heavy (non-hydrogen) atoms. The summed E-state index contributed by atoms with van der Waals surface area (Å²) in [4.78, 5) is 12.5. The molecule has 0 spiro atoms. The van der Waals surface area contributed by atoms with Gasteiger partial charge in [0.05, 0.1) is 12.8 Å². The van der Waals surface area contributed by atoms with E-state index in [-0.39, 0.29) is 5.78 Å². The number of fused-ring (bicyclic) bond motifs is 3. The molecular formula is C19H17NO2. The predicted molar refractivity (Wildman–Crippen MR) is 87.5 cm³/mol. The number of methoxy groups -OCH3 is 1. The maximum absolute atomic E-state index is 12.5. The second kappa shape index (κ2) is 5.02. The molecule has 1 aliphatic heterocycles. The van der Waals surface area contributed by atoms with E-state index in [1.165, 1.54) is 0 Å². The first kappa shape index (κ1) is 13.1. The Labute approximate surface area is 129 Å². The summed E-state index contributed by atoms with van der Waals surface area (Å²) < 4.78 is 7.42. The summed E-state index contributed by atoms with van der Waals surface area (Å²) in [6.07, 6.45) is 1.56. The Bertz CT molecular complexity index is 859. The highest BCUT2D eigenvalue weighted by Crippen LogP contribution is 2.38. The zero-order valence-corrected chi connectivity index (χ0v) is 12.5. The summed E-state index contributed by atoms with van der Waals surface area (Å²) in [5.41, 5.74) is 4.14. The van der Waals surface area contributed by atoms with Gasteiger partial charge in [0.2, 0.25) is 0 Å². The van der Waals surface area contributed by atoms with E-state index >= 15 is 0 Å². The standard InChI is InChI=1S/C19H17NO2/c1-22-14-10-8-13(9-11-14)18-15-5-2-3-6-16(15)20-12-4-7-17(21)19(18)20/h2-3,5-6,8-11H,4,7,12H2,1H3. The maximum atomic E-state index is 12.5. The van der Waals surface area contributed by atoms with Crippen molar-refractivity contribution in [2.45, 2.75) is 19.4 Å². The van der Waals surface area contributed by atoms with E-state index in [0.29, 0.717) is 6.42 Å². The molecule has 1 aromatic heterocycles. The second-order valence-electron chi connectivity index (χ2n) is 5.65. The van der Waals surface area contributed by atoms with Gasteiger partial charge >= 0.3 is 0 Å². The molecule has 0 radical (unpaired) electrons. The van der Waals surface area contributed by atoms with Crippen molar-refractivity contribution in [1.82, 2.24) is 4.57 Å². The van der Waals surface area contributed by atoms with Crippen molar-refractivity contribution in [3.05, 3.63) is 54.2 Å². The Morgan fingerprint density at radius 3 is 2.59 bits per heavy atom. The van der Waals surface area contributed by atoms with Crippen molar-refractivity contribution < 1.29 is 9.53 Å². The van der Waals surface area contributed by atoms with Gasteiger partial charge in [-0.05, 0) is 30.2 Å². The Hall–Kier alpha value is -2.55. The second-order valence-corrected chi connectivity index (χ2v) is 5.65. The molecule has 0 bridgehead atoms. The number of ketones is 1. The Balaban J connectivity index is 2.03. The molecule has 0 aliphatic carbocycles. The van der Waals surface area contributed by atoms with Gasteiger partial charge in [-0.15, -0.1) is 0 Å². The van der Waals surface area contributed by atoms with E-state index in [2.05, 4.69) is 16.7 Å². The molecule has 1 aliphatic rings. The van der Waals surface area contributed by atoms with Crippen LogP contribution in [-0.4, -0.2) is 17.5 Å².